The summed E-state index contributed by atoms with van der Waals surface area (Å²) < 4.78 is 0. The first-order valence-electron chi connectivity index (χ1n) is 3.16. The number of hydrogen-bond acceptors (Lipinski definition) is 1. The van der Waals surface area contributed by atoms with Gasteiger partial charge in [0, 0.05) is 0 Å². The third-order valence-electron chi connectivity index (χ3n) is 1.35. The SMILES string of the molecule is C=N/C=N\C(C)C(C)C. The van der Waals surface area contributed by atoms with E-state index in [9.17, 15) is 0 Å². The highest BCUT2D eigenvalue weighted by molar-refractivity contribution is 5.62. The second-order valence-corrected chi connectivity index (χ2v) is 2.43. The molecule has 0 saturated heterocycles. The molecule has 0 aliphatic heterocycles. The molecule has 52 valence electrons. The lowest BCUT2D eigenvalue weighted by Gasteiger charge is -2.07. The van der Waals surface area contributed by atoms with Gasteiger partial charge in [0.1, 0.15) is 6.34 Å². The summed E-state index contributed by atoms with van der Waals surface area (Å²) in [6.45, 7) is 9.61. The summed E-state index contributed by atoms with van der Waals surface area (Å²) in [6.07, 6.45) is 1.50. The average molecular weight is 126 g/mol. The lowest BCUT2D eigenvalue weighted by Crippen LogP contribution is -2.06. The first kappa shape index (κ1) is 8.34. The molecule has 2 nitrogen and oxygen atoms in total. The molecule has 0 bridgehead atoms. The monoisotopic (exact) mass is 126 g/mol. The van der Waals surface area contributed by atoms with Crippen LogP contribution in [0.3, 0.4) is 0 Å². The molecule has 0 N–H and O–H groups in total. The summed E-state index contributed by atoms with van der Waals surface area (Å²) in [4.78, 5) is 7.60. The Balaban J connectivity index is 3.61. The van der Waals surface area contributed by atoms with Gasteiger partial charge in [-0.1, -0.05) is 13.8 Å². The topological polar surface area (TPSA) is 24.7 Å². The van der Waals surface area contributed by atoms with Crippen molar-refractivity contribution in [2.24, 2.45) is 15.9 Å². The number of hydrogen-bond donors (Lipinski definition) is 0. The average Bonchev–Trinajstić information content (AvgIpc) is 1.82. The molecule has 0 spiro atoms. The molecule has 0 aliphatic rings. The zero-order valence-electron chi connectivity index (χ0n) is 6.33. The highest BCUT2D eigenvalue weighted by atomic mass is 14.9. The molecule has 0 amide bonds. The van der Waals surface area contributed by atoms with E-state index in [1.54, 1.807) is 0 Å². The van der Waals surface area contributed by atoms with Gasteiger partial charge >= 0.3 is 0 Å². The third kappa shape index (κ3) is 3.88. The van der Waals surface area contributed by atoms with Crippen LogP contribution in [0, 0.1) is 5.92 Å². The Hall–Kier alpha value is -0.660. The normalized spacial score (nSPS) is 14.7. The van der Waals surface area contributed by atoms with Crippen LogP contribution in [0.1, 0.15) is 20.8 Å². The van der Waals surface area contributed by atoms with Crippen molar-refractivity contribution >= 4 is 13.1 Å². The van der Waals surface area contributed by atoms with Crippen molar-refractivity contribution in [3.8, 4) is 0 Å². The Morgan fingerprint density at radius 1 is 1.33 bits per heavy atom. The van der Waals surface area contributed by atoms with E-state index in [0.29, 0.717) is 12.0 Å². The molecule has 0 saturated carbocycles. The summed E-state index contributed by atoms with van der Waals surface area (Å²) >= 11 is 0. The molecule has 0 aromatic carbocycles. The molecular formula is C7H14N2. The Bertz CT molecular complexity index is 105. The van der Waals surface area contributed by atoms with E-state index in [1.807, 2.05) is 0 Å². The van der Waals surface area contributed by atoms with Crippen molar-refractivity contribution in [1.82, 2.24) is 0 Å². The Labute approximate surface area is 56.7 Å². The molecule has 2 heteroatoms. The van der Waals surface area contributed by atoms with Gasteiger partial charge in [0.25, 0.3) is 0 Å². The Morgan fingerprint density at radius 2 is 1.89 bits per heavy atom. The van der Waals surface area contributed by atoms with Gasteiger partial charge in [-0.05, 0) is 19.6 Å². The maximum absolute atomic E-state index is 4.09. The van der Waals surface area contributed by atoms with E-state index in [0.717, 1.165) is 0 Å². The predicted octanol–water partition coefficient (Wildman–Crippen LogP) is 1.76. The van der Waals surface area contributed by atoms with Crippen LogP contribution in [-0.2, 0) is 0 Å². The maximum Gasteiger partial charge on any atom is 0.109 e. The van der Waals surface area contributed by atoms with Gasteiger partial charge in [-0.15, -0.1) is 0 Å². The Kier molecular flexibility index (Phi) is 3.93. The van der Waals surface area contributed by atoms with Crippen LogP contribution in [0.15, 0.2) is 9.98 Å². The van der Waals surface area contributed by atoms with E-state index >= 15 is 0 Å². The van der Waals surface area contributed by atoms with Crippen LogP contribution >= 0.6 is 0 Å². The minimum Gasteiger partial charge on any atom is -0.270 e. The van der Waals surface area contributed by atoms with Crippen LogP contribution in [-0.4, -0.2) is 19.1 Å². The van der Waals surface area contributed by atoms with Gasteiger partial charge in [0.15, 0.2) is 0 Å². The molecular weight excluding hydrogens is 112 g/mol. The third-order valence-corrected chi connectivity index (χ3v) is 1.35. The number of aliphatic imine (C=N–C) groups is 2. The summed E-state index contributed by atoms with van der Waals surface area (Å²) in [5.74, 6) is 0.586. The first-order chi connectivity index (χ1) is 4.18. The van der Waals surface area contributed by atoms with Crippen LogP contribution in [0.25, 0.3) is 0 Å². The van der Waals surface area contributed by atoms with Crippen LogP contribution in [0.5, 0.6) is 0 Å². The van der Waals surface area contributed by atoms with E-state index in [1.165, 1.54) is 6.34 Å². The molecule has 0 aromatic rings. The summed E-state index contributed by atoms with van der Waals surface area (Å²) in [5.41, 5.74) is 0. The Morgan fingerprint density at radius 3 is 2.22 bits per heavy atom. The summed E-state index contributed by atoms with van der Waals surface area (Å²) in [7, 11) is 0. The quantitative estimate of drug-likeness (QED) is 0.406. The standard InChI is InChI=1S/C7H14N2/c1-6(2)7(3)9-5-8-4/h5-7H,4H2,1-3H3/b9-5-. The van der Waals surface area contributed by atoms with Crippen molar-refractivity contribution < 1.29 is 0 Å². The fourth-order valence-corrected chi connectivity index (χ4v) is 0.324. The van der Waals surface area contributed by atoms with E-state index < -0.39 is 0 Å². The fraction of sp³-hybridized carbons (Fsp3) is 0.714. The highest BCUT2D eigenvalue weighted by Crippen LogP contribution is 2.03. The fourth-order valence-electron chi connectivity index (χ4n) is 0.324. The van der Waals surface area contributed by atoms with Crippen molar-refractivity contribution in [3.63, 3.8) is 0 Å². The zero-order chi connectivity index (χ0) is 7.28. The molecule has 0 fully saturated rings. The van der Waals surface area contributed by atoms with E-state index in [2.05, 4.69) is 37.5 Å². The second-order valence-electron chi connectivity index (χ2n) is 2.43. The van der Waals surface area contributed by atoms with Crippen molar-refractivity contribution in [3.05, 3.63) is 0 Å². The van der Waals surface area contributed by atoms with Crippen LogP contribution < -0.4 is 0 Å². The molecule has 9 heavy (non-hydrogen) atoms. The smallest absolute Gasteiger partial charge is 0.109 e. The highest BCUT2D eigenvalue weighted by Gasteiger charge is 2.01. The van der Waals surface area contributed by atoms with Gasteiger partial charge in [0.05, 0.1) is 6.04 Å². The maximum atomic E-state index is 4.09. The number of nitrogens with zero attached hydrogens (tertiary/aromatic N) is 2. The summed E-state index contributed by atoms with van der Waals surface area (Å²) in [5, 5.41) is 0. The lowest BCUT2D eigenvalue weighted by molar-refractivity contribution is 0.532. The van der Waals surface area contributed by atoms with Crippen LogP contribution in [0.4, 0.5) is 0 Å². The largest absolute Gasteiger partial charge is 0.270 e. The van der Waals surface area contributed by atoms with Gasteiger partial charge < -0.3 is 0 Å². The zero-order valence-corrected chi connectivity index (χ0v) is 6.33. The van der Waals surface area contributed by atoms with Gasteiger partial charge in [0.2, 0.25) is 0 Å². The second kappa shape index (κ2) is 4.24. The van der Waals surface area contributed by atoms with Crippen molar-refractivity contribution in [2.75, 3.05) is 0 Å². The molecule has 0 aliphatic carbocycles. The molecule has 1 atom stereocenters. The van der Waals surface area contributed by atoms with Crippen molar-refractivity contribution in [1.29, 1.82) is 0 Å². The van der Waals surface area contributed by atoms with Gasteiger partial charge in [-0.2, -0.15) is 0 Å². The molecule has 0 heterocycles. The van der Waals surface area contributed by atoms with E-state index in [-0.39, 0.29) is 0 Å². The minimum atomic E-state index is 0.357. The lowest BCUT2D eigenvalue weighted by atomic mass is 10.1. The summed E-state index contributed by atoms with van der Waals surface area (Å²) in [6, 6.07) is 0.357. The van der Waals surface area contributed by atoms with Crippen molar-refractivity contribution in [2.45, 2.75) is 26.8 Å². The van der Waals surface area contributed by atoms with E-state index in [4.69, 9.17) is 0 Å². The molecule has 0 radical (unpaired) electrons. The molecule has 0 rings (SSSR count). The van der Waals surface area contributed by atoms with Crippen LogP contribution in [0.2, 0.25) is 0 Å². The molecule has 1 unspecified atom stereocenters. The first-order valence-corrected chi connectivity index (χ1v) is 3.16. The predicted molar refractivity (Wildman–Crippen MR) is 42.3 cm³/mol. The van der Waals surface area contributed by atoms with Gasteiger partial charge in [-0.25, -0.2) is 0 Å². The molecule has 0 aromatic heterocycles. The number of rotatable bonds is 3. The minimum absolute atomic E-state index is 0.357. The van der Waals surface area contributed by atoms with Gasteiger partial charge in [-0.3, -0.25) is 9.98 Å².